The van der Waals surface area contributed by atoms with E-state index >= 15 is 0 Å². The van der Waals surface area contributed by atoms with Crippen molar-refractivity contribution in [1.82, 2.24) is 19.7 Å². The third-order valence-electron chi connectivity index (χ3n) is 4.49. The van der Waals surface area contributed by atoms with Crippen molar-refractivity contribution in [2.45, 2.75) is 13.5 Å². The van der Waals surface area contributed by atoms with Crippen LogP contribution < -0.4 is 5.56 Å². The maximum atomic E-state index is 12.6. The molecule has 1 aromatic carbocycles. The quantitative estimate of drug-likeness (QED) is 0.733. The van der Waals surface area contributed by atoms with Crippen LogP contribution in [0.1, 0.15) is 16.2 Å². The molecule has 0 spiro atoms. The third-order valence-corrected chi connectivity index (χ3v) is 4.49. The highest BCUT2D eigenvalue weighted by Crippen LogP contribution is 2.20. The van der Waals surface area contributed by atoms with E-state index in [1.54, 1.807) is 17.0 Å². The summed E-state index contributed by atoms with van der Waals surface area (Å²) in [5.74, 6) is 0.183. The second-order valence-corrected chi connectivity index (χ2v) is 6.46. The van der Waals surface area contributed by atoms with Crippen LogP contribution in [0.25, 0.3) is 10.9 Å². The number of benzene rings is 1. The van der Waals surface area contributed by atoms with E-state index in [4.69, 9.17) is 0 Å². The highest BCUT2D eigenvalue weighted by Gasteiger charge is 2.32. The Hall–Kier alpha value is -3.02. The van der Waals surface area contributed by atoms with Gasteiger partial charge in [-0.3, -0.25) is 9.59 Å². The van der Waals surface area contributed by atoms with E-state index in [-0.39, 0.29) is 17.4 Å². The number of nitrogens with zero attached hydrogens (tertiary/aromatic N) is 4. The van der Waals surface area contributed by atoms with Gasteiger partial charge in [-0.2, -0.15) is 5.10 Å². The van der Waals surface area contributed by atoms with Gasteiger partial charge in [0.2, 0.25) is 0 Å². The van der Waals surface area contributed by atoms with E-state index in [9.17, 15) is 9.59 Å². The molecule has 3 aromatic rings. The number of amides is 1. The second kappa shape index (κ2) is 6.12. The molecule has 126 valence electrons. The number of aromatic nitrogens is 3. The van der Waals surface area contributed by atoms with Crippen LogP contribution in [0, 0.1) is 12.8 Å². The molecule has 1 saturated heterocycles. The Morgan fingerprint density at radius 2 is 1.92 bits per heavy atom. The molecule has 3 heterocycles. The van der Waals surface area contributed by atoms with Crippen LogP contribution in [0.3, 0.4) is 0 Å². The van der Waals surface area contributed by atoms with E-state index < -0.39 is 0 Å². The molecule has 0 N–H and O–H groups in total. The van der Waals surface area contributed by atoms with Crippen LogP contribution in [-0.2, 0) is 6.54 Å². The van der Waals surface area contributed by atoms with Crippen molar-refractivity contribution in [1.29, 1.82) is 0 Å². The zero-order chi connectivity index (χ0) is 17.4. The smallest absolute Gasteiger partial charge is 0.272 e. The largest absolute Gasteiger partial charge is 0.336 e. The Morgan fingerprint density at radius 1 is 1.12 bits per heavy atom. The fourth-order valence-corrected chi connectivity index (χ4v) is 3.12. The average molecular weight is 334 g/mol. The Morgan fingerprint density at radius 3 is 2.76 bits per heavy atom. The molecule has 1 aliphatic rings. The van der Waals surface area contributed by atoms with Gasteiger partial charge >= 0.3 is 0 Å². The molecule has 6 heteroatoms. The Labute approximate surface area is 144 Å². The Kier molecular flexibility index (Phi) is 3.80. The molecule has 0 bridgehead atoms. The number of aryl methyl sites for hydroxylation is 1. The normalized spacial score (nSPS) is 14.5. The number of pyridine rings is 1. The number of carbonyl (C=O) groups is 1. The molecule has 25 heavy (non-hydrogen) atoms. The SMILES string of the molecule is Cc1ccc(=O)n(CC2CN(C(=O)c3ccc4ccccc4n3)C2)n1. The summed E-state index contributed by atoms with van der Waals surface area (Å²) in [6, 6.07) is 14.7. The number of rotatable bonds is 3. The summed E-state index contributed by atoms with van der Waals surface area (Å²) in [5.41, 5.74) is 1.99. The minimum Gasteiger partial charge on any atom is -0.336 e. The third kappa shape index (κ3) is 3.03. The second-order valence-electron chi connectivity index (χ2n) is 6.46. The summed E-state index contributed by atoms with van der Waals surface area (Å²) in [5, 5.41) is 5.26. The molecule has 0 aliphatic carbocycles. The minimum absolute atomic E-state index is 0.0634. The summed E-state index contributed by atoms with van der Waals surface area (Å²) in [6.07, 6.45) is 0. The maximum absolute atomic E-state index is 12.6. The number of hydrogen-bond acceptors (Lipinski definition) is 4. The summed E-state index contributed by atoms with van der Waals surface area (Å²) in [6.45, 7) is 3.64. The lowest BCUT2D eigenvalue weighted by Gasteiger charge is -2.39. The monoisotopic (exact) mass is 334 g/mol. The fourth-order valence-electron chi connectivity index (χ4n) is 3.12. The first-order valence-electron chi connectivity index (χ1n) is 8.30. The lowest BCUT2D eigenvalue weighted by Crippen LogP contribution is -2.52. The molecule has 0 atom stereocenters. The summed E-state index contributed by atoms with van der Waals surface area (Å²) in [7, 11) is 0. The zero-order valence-corrected chi connectivity index (χ0v) is 13.9. The van der Waals surface area contributed by atoms with Crippen molar-refractivity contribution >= 4 is 16.8 Å². The first kappa shape index (κ1) is 15.5. The number of fused-ring (bicyclic) bond motifs is 1. The standard InChI is InChI=1S/C19H18N4O2/c1-13-6-9-18(24)23(21-13)12-14-10-22(11-14)19(25)17-8-7-15-4-2-3-5-16(15)20-17/h2-9,14H,10-12H2,1H3. The van der Waals surface area contributed by atoms with E-state index in [0.29, 0.717) is 25.3 Å². The van der Waals surface area contributed by atoms with Gasteiger partial charge in [0.15, 0.2) is 0 Å². The molecule has 1 aliphatic heterocycles. The first-order valence-corrected chi connectivity index (χ1v) is 8.30. The Bertz CT molecular complexity index is 1010. The van der Waals surface area contributed by atoms with Crippen molar-refractivity contribution in [3.8, 4) is 0 Å². The fraction of sp³-hybridized carbons (Fsp3) is 0.263. The van der Waals surface area contributed by atoms with Crippen molar-refractivity contribution < 1.29 is 4.79 Å². The highest BCUT2D eigenvalue weighted by molar-refractivity contribution is 5.95. The van der Waals surface area contributed by atoms with E-state index in [1.165, 1.54) is 10.7 Å². The molecular weight excluding hydrogens is 316 g/mol. The van der Waals surface area contributed by atoms with Crippen LogP contribution in [0.4, 0.5) is 0 Å². The molecule has 2 aromatic heterocycles. The van der Waals surface area contributed by atoms with Gasteiger partial charge in [0.1, 0.15) is 5.69 Å². The molecule has 0 saturated carbocycles. The van der Waals surface area contributed by atoms with Crippen LogP contribution in [0.2, 0.25) is 0 Å². The summed E-state index contributed by atoms with van der Waals surface area (Å²) < 4.78 is 1.48. The number of carbonyl (C=O) groups excluding carboxylic acids is 1. The van der Waals surface area contributed by atoms with Gasteiger partial charge in [-0.1, -0.05) is 24.3 Å². The average Bonchev–Trinajstić information content (AvgIpc) is 2.59. The van der Waals surface area contributed by atoms with Gasteiger partial charge < -0.3 is 4.90 Å². The number of para-hydroxylation sites is 1. The van der Waals surface area contributed by atoms with Gasteiger partial charge in [0, 0.05) is 30.5 Å². The maximum Gasteiger partial charge on any atom is 0.272 e. The van der Waals surface area contributed by atoms with Gasteiger partial charge in [-0.25, -0.2) is 9.67 Å². The molecule has 1 fully saturated rings. The van der Waals surface area contributed by atoms with Crippen LogP contribution in [0.15, 0.2) is 53.3 Å². The van der Waals surface area contributed by atoms with Crippen LogP contribution >= 0.6 is 0 Å². The predicted octanol–water partition coefficient (Wildman–Crippen LogP) is 1.87. The van der Waals surface area contributed by atoms with E-state index in [0.717, 1.165) is 16.6 Å². The summed E-state index contributed by atoms with van der Waals surface area (Å²) in [4.78, 5) is 30.6. The van der Waals surface area contributed by atoms with Crippen molar-refractivity contribution in [3.05, 3.63) is 70.3 Å². The van der Waals surface area contributed by atoms with E-state index in [1.807, 2.05) is 37.3 Å². The van der Waals surface area contributed by atoms with Crippen molar-refractivity contribution in [2.75, 3.05) is 13.1 Å². The number of hydrogen-bond donors (Lipinski definition) is 0. The Balaban J connectivity index is 1.43. The lowest BCUT2D eigenvalue weighted by atomic mass is 9.99. The van der Waals surface area contributed by atoms with Crippen LogP contribution in [-0.4, -0.2) is 38.7 Å². The van der Waals surface area contributed by atoms with Crippen LogP contribution in [0.5, 0.6) is 0 Å². The predicted molar refractivity (Wildman–Crippen MR) is 94.4 cm³/mol. The number of likely N-dealkylation sites (tertiary alicyclic amines) is 1. The first-order chi connectivity index (χ1) is 12.1. The van der Waals surface area contributed by atoms with Gasteiger partial charge in [-0.15, -0.1) is 0 Å². The highest BCUT2D eigenvalue weighted by atomic mass is 16.2. The molecule has 4 rings (SSSR count). The van der Waals surface area contributed by atoms with Crippen molar-refractivity contribution in [3.63, 3.8) is 0 Å². The lowest BCUT2D eigenvalue weighted by molar-refractivity contribution is 0.0452. The topological polar surface area (TPSA) is 68.1 Å². The van der Waals surface area contributed by atoms with Gasteiger partial charge in [0.25, 0.3) is 11.5 Å². The molecule has 6 nitrogen and oxygen atoms in total. The molecular formula is C19H18N4O2. The molecule has 1 amide bonds. The van der Waals surface area contributed by atoms with Crippen molar-refractivity contribution in [2.24, 2.45) is 5.92 Å². The minimum atomic E-state index is -0.105. The van der Waals surface area contributed by atoms with Gasteiger partial charge in [-0.05, 0) is 25.1 Å². The summed E-state index contributed by atoms with van der Waals surface area (Å²) >= 11 is 0. The molecule has 0 radical (unpaired) electrons. The van der Waals surface area contributed by atoms with E-state index in [2.05, 4.69) is 10.1 Å². The van der Waals surface area contributed by atoms with Gasteiger partial charge in [0.05, 0.1) is 17.8 Å². The molecule has 0 unspecified atom stereocenters. The zero-order valence-electron chi connectivity index (χ0n) is 13.9.